The summed E-state index contributed by atoms with van der Waals surface area (Å²) in [6, 6.07) is 7.99. The summed E-state index contributed by atoms with van der Waals surface area (Å²) >= 11 is 0. The monoisotopic (exact) mass is 279 g/mol. The molecule has 5 heteroatoms. The standard InChI is InChI=1S/C14H17NO3S/c1-10-8-11-4-2-3-5-13(11)15(10)14(16)12-6-7-19(17,18)9-12/h2-5,10,12H,6-9H2,1H3/t10-,12+/m0/s1. The molecule has 19 heavy (non-hydrogen) atoms. The Hall–Kier alpha value is -1.36. The molecule has 2 heterocycles. The molecule has 0 unspecified atom stereocenters. The lowest BCUT2D eigenvalue weighted by Gasteiger charge is -2.25. The van der Waals surface area contributed by atoms with Crippen LogP contribution in [-0.2, 0) is 21.1 Å². The maximum atomic E-state index is 12.6. The molecule has 1 aromatic carbocycles. The van der Waals surface area contributed by atoms with Crippen molar-refractivity contribution in [2.75, 3.05) is 16.4 Å². The molecule has 0 saturated carbocycles. The summed E-state index contributed by atoms with van der Waals surface area (Å²) in [6.45, 7) is 2.02. The lowest BCUT2D eigenvalue weighted by atomic mass is 10.1. The number of hydrogen-bond donors (Lipinski definition) is 0. The van der Waals surface area contributed by atoms with Crippen molar-refractivity contribution < 1.29 is 13.2 Å². The molecule has 0 aromatic heterocycles. The maximum absolute atomic E-state index is 12.6. The molecule has 1 saturated heterocycles. The van der Waals surface area contributed by atoms with Gasteiger partial charge < -0.3 is 4.90 Å². The minimum absolute atomic E-state index is 0.0111. The van der Waals surface area contributed by atoms with Gasteiger partial charge in [0.05, 0.1) is 17.4 Å². The Morgan fingerprint density at radius 1 is 1.32 bits per heavy atom. The van der Waals surface area contributed by atoms with Gasteiger partial charge in [-0.3, -0.25) is 4.79 Å². The molecule has 0 aliphatic carbocycles. The van der Waals surface area contributed by atoms with E-state index in [1.54, 1.807) is 4.90 Å². The fourth-order valence-corrected chi connectivity index (χ4v) is 4.82. The van der Waals surface area contributed by atoms with Gasteiger partial charge in [0, 0.05) is 11.7 Å². The van der Waals surface area contributed by atoms with E-state index in [9.17, 15) is 13.2 Å². The number of sulfone groups is 1. The Morgan fingerprint density at radius 3 is 2.74 bits per heavy atom. The highest BCUT2D eigenvalue weighted by Crippen LogP contribution is 2.34. The summed E-state index contributed by atoms with van der Waals surface area (Å²) < 4.78 is 23.0. The van der Waals surface area contributed by atoms with Crippen LogP contribution in [0.15, 0.2) is 24.3 Å². The minimum Gasteiger partial charge on any atom is -0.309 e. The number of nitrogens with zero attached hydrogens (tertiary/aromatic N) is 1. The molecule has 3 rings (SSSR count). The first-order valence-corrected chi connectivity index (χ1v) is 8.41. The average molecular weight is 279 g/mol. The number of anilines is 1. The number of fused-ring (bicyclic) bond motifs is 1. The van der Waals surface area contributed by atoms with Gasteiger partial charge in [0.2, 0.25) is 5.91 Å². The molecule has 2 aliphatic rings. The molecule has 1 fully saturated rings. The van der Waals surface area contributed by atoms with Gasteiger partial charge in [-0.2, -0.15) is 0 Å². The smallest absolute Gasteiger partial charge is 0.231 e. The van der Waals surface area contributed by atoms with Crippen LogP contribution in [0, 0.1) is 5.92 Å². The Kier molecular flexibility index (Phi) is 2.89. The molecule has 0 N–H and O–H groups in total. The number of rotatable bonds is 1. The van der Waals surface area contributed by atoms with E-state index in [0.717, 1.165) is 12.1 Å². The second-order valence-corrected chi connectivity index (χ2v) is 7.72. The SMILES string of the molecule is C[C@H]1Cc2ccccc2N1C(=O)[C@@H]1CCS(=O)(=O)C1. The van der Waals surface area contributed by atoms with Crippen molar-refractivity contribution in [2.24, 2.45) is 5.92 Å². The van der Waals surface area contributed by atoms with Crippen LogP contribution < -0.4 is 4.90 Å². The van der Waals surface area contributed by atoms with E-state index >= 15 is 0 Å². The number of carbonyl (C=O) groups excluding carboxylic acids is 1. The van der Waals surface area contributed by atoms with E-state index in [1.165, 1.54) is 5.56 Å². The lowest BCUT2D eigenvalue weighted by molar-refractivity contribution is -0.121. The van der Waals surface area contributed by atoms with Crippen LogP contribution in [0.4, 0.5) is 5.69 Å². The van der Waals surface area contributed by atoms with E-state index in [-0.39, 0.29) is 29.4 Å². The van der Waals surface area contributed by atoms with E-state index in [2.05, 4.69) is 0 Å². The normalized spacial score (nSPS) is 28.4. The number of para-hydroxylation sites is 1. The first-order chi connectivity index (χ1) is 8.98. The van der Waals surface area contributed by atoms with Gasteiger partial charge in [-0.1, -0.05) is 18.2 Å². The molecular weight excluding hydrogens is 262 g/mol. The van der Waals surface area contributed by atoms with Crippen LogP contribution in [-0.4, -0.2) is 31.9 Å². The van der Waals surface area contributed by atoms with Gasteiger partial charge in [0.1, 0.15) is 0 Å². The average Bonchev–Trinajstić information content (AvgIpc) is 2.87. The van der Waals surface area contributed by atoms with Crippen molar-refractivity contribution in [3.8, 4) is 0 Å². The van der Waals surface area contributed by atoms with Crippen molar-refractivity contribution in [2.45, 2.75) is 25.8 Å². The second kappa shape index (κ2) is 4.34. The van der Waals surface area contributed by atoms with Gasteiger partial charge in [-0.25, -0.2) is 8.42 Å². The first kappa shape index (κ1) is 12.7. The zero-order chi connectivity index (χ0) is 13.6. The lowest BCUT2D eigenvalue weighted by Crippen LogP contribution is -2.40. The van der Waals surface area contributed by atoms with Gasteiger partial charge in [-0.15, -0.1) is 0 Å². The maximum Gasteiger partial charge on any atom is 0.231 e. The largest absolute Gasteiger partial charge is 0.309 e. The van der Waals surface area contributed by atoms with Gasteiger partial charge in [0.25, 0.3) is 0 Å². The molecule has 2 atom stereocenters. The van der Waals surface area contributed by atoms with Crippen molar-refractivity contribution >= 4 is 21.4 Å². The molecule has 102 valence electrons. The number of benzene rings is 1. The van der Waals surface area contributed by atoms with Gasteiger partial charge in [0.15, 0.2) is 9.84 Å². The topological polar surface area (TPSA) is 54.5 Å². The zero-order valence-electron chi connectivity index (χ0n) is 10.9. The summed E-state index contributed by atoms with van der Waals surface area (Å²) in [4.78, 5) is 14.4. The third kappa shape index (κ3) is 2.16. The number of carbonyl (C=O) groups is 1. The molecule has 4 nitrogen and oxygen atoms in total. The van der Waals surface area contributed by atoms with Gasteiger partial charge >= 0.3 is 0 Å². The molecule has 2 aliphatic heterocycles. The Morgan fingerprint density at radius 2 is 2.05 bits per heavy atom. The fourth-order valence-electron chi connectivity index (χ4n) is 3.09. The Labute approximate surface area is 113 Å². The Bertz CT molecular complexity index is 623. The van der Waals surface area contributed by atoms with Crippen LogP contribution in [0.25, 0.3) is 0 Å². The predicted molar refractivity (Wildman–Crippen MR) is 73.9 cm³/mol. The minimum atomic E-state index is -3.01. The summed E-state index contributed by atoms with van der Waals surface area (Å²) in [5.74, 6) is -0.234. The fraction of sp³-hybridized carbons (Fsp3) is 0.500. The predicted octanol–water partition coefficient (Wildman–Crippen LogP) is 1.40. The quantitative estimate of drug-likeness (QED) is 0.781. The molecule has 1 aromatic rings. The molecule has 0 bridgehead atoms. The highest BCUT2D eigenvalue weighted by Gasteiger charge is 2.39. The number of amides is 1. The van der Waals surface area contributed by atoms with E-state index in [0.29, 0.717) is 6.42 Å². The third-order valence-electron chi connectivity index (χ3n) is 4.03. The zero-order valence-corrected chi connectivity index (χ0v) is 11.7. The van der Waals surface area contributed by atoms with Crippen LogP contribution in [0.3, 0.4) is 0 Å². The molecule has 0 spiro atoms. The van der Waals surface area contributed by atoms with Crippen LogP contribution in [0.2, 0.25) is 0 Å². The van der Waals surface area contributed by atoms with Crippen molar-refractivity contribution in [3.05, 3.63) is 29.8 Å². The van der Waals surface area contributed by atoms with Crippen molar-refractivity contribution in [1.29, 1.82) is 0 Å². The highest BCUT2D eigenvalue weighted by atomic mass is 32.2. The van der Waals surface area contributed by atoms with Crippen molar-refractivity contribution in [3.63, 3.8) is 0 Å². The molecular formula is C14H17NO3S. The third-order valence-corrected chi connectivity index (χ3v) is 5.79. The summed E-state index contributed by atoms with van der Waals surface area (Å²) in [5, 5.41) is 0. The molecule has 1 amide bonds. The highest BCUT2D eigenvalue weighted by molar-refractivity contribution is 7.91. The van der Waals surface area contributed by atoms with Crippen molar-refractivity contribution in [1.82, 2.24) is 0 Å². The molecule has 0 radical (unpaired) electrons. The van der Waals surface area contributed by atoms with Crippen LogP contribution in [0.5, 0.6) is 0 Å². The second-order valence-electron chi connectivity index (χ2n) is 5.49. The van der Waals surface area contributed by atoms with E-state index < -0.39 is 9.84 Å². The van der Waals surface area contributed by atoms with E-state index in [1.807, 2.05) is 31.2 Å². The first-order valence-electron chi connectivity index (χ1n) is 6.59. The van der Waals surface area contributed by atoms with E-state index in [4.69, 9.17) is 0 Å². The van der Waals surface area contributed by atoms with Gasteiger partial charge in [-0.05, 0) is 31.4 Å². The summed E-state index contributed by atoms with van der Waals surface area (Å²) in [5.41, 5.74) is 2.12. The van der Waals surface area contributed by atoms with Crippen LogP contribution in [0.1, 0.15) is 18.9 Å². The summed E-state index contributed by atoms with van der Waals surface area (Å²) in [7, 11) is -3.01. The number of hydrogen-bond acceptors (Lipinski definition) is 3. The van der Waals surface area contributed by atoms with Crippen LogP contribution >= 0.6 is 0 Å². The summed E-state index contributed by atoms with van der Waals surface area (Å²) in [6.07, 6.45) is 1.31. The Balaban J connectivity index is 1.89.